The molecule has 1 rings (SSSR count). The van der Waals surface area contributed by atoms with Crippen molar-refractivity contribution in [1.29, 1.82) is 0 Å². The SMILES string of the molecule is CC(CCS)CCN(C)Cc1cscn1. The first-order chi connectivity index (χ1) is 7.22. The van der Waals surface area contributed by atoms with Gasteiger partial charge in [0.05, 0.1) is 11.2 Å². The van der Waals surface area contributed by atoms with Gasteiger partial charge in [-0.25, -0.2) is 4.98 Å². The minimum Gasteiger partial charge on any atom is -0.301 e. The lowest BCUT2D eigenvalue weighted by molar-refractivity contribution is 0.294. The topological polar surface area (TPSA) is 16.1 Å². The molecule has 0 fully saturated rings. The Balaban J connectivity index is 2.16. The van der Waals surface area contributed by atoms with Gasteiger partial charge in [0.1, 0.15) is 0 Å². The van der Waals surface area contributed by atoms with E-state index in [9.17, 15) is 0 Å². The summed E-state index contributed by atoms with van der Waals surface area (Å²) in [6.07, 6.45) is 2.47. The molecule has 86 valence electrons. The zero-order valence-corrected chi connectivity index (χ0v) is 11.2. The first-order valence-corrected chi connectivity index (χ1v) is 6.96. The fraction of sp³-hybridized carbons (Fsp3) is 0.727. The molecule has 15 heavy (non-hydrogen) atoms. The zero-order valence-electron chi connectivity index (χ0n) is 9.52. The molecule has 1 unspecified atom stereocenters. The van der Waals surface area contributed by atoms with Gasteiger partial charge >= 0.3 is 0 Å². The van der Waals surface area contributed by atoms with Crippen molar-refractivity contribution in [3.8, 4) is 0 Å². The van der Waals surface area contributed by atoms with Gasteiger partial charge in [-0.2, -0.15) is 12.6 Å². The van der Waals surface area contributed by atoms with Crippen LogP contribution in [0.1, 0.15) is 25.5 Å². The van der Waals surface area contributed by atoms with Gasteiger partial charge in [-0.05, 0) is 38.1 Å². The van der Waals surface area contributed by atoms with Crippen LogP contribution in [-0.4, -0.2) is 29.2 Å². The highest BCUT2D eigenvalue weighted by Crippen LogP contribution is 2.10. The van der Waals surface area contributed by atoms with Crippen LogP contribution in [0.15, 0.2) is 10.9 Å². The molecule has 1 aromatic heterocycles. The quantitative estimate of drug-likeness (QED) is 0.742. The first kappa shape index (κ1) is 13.0. The van der Waals surface area contributed by atoms with Crippen LogP contribution in [0.3, 0.4) is 0 Å². The fourth-order valence-corrected chi connectivity index (χ4v) is 2.47. The van der Waals surface area contributed by atoms with Gasteiger partial charge in [0.2, 0.25) is 0 Å². The summed E-state index contributed by atoms with van der Waals surface area (Å²) in [6, 6.07) is 0. The summed E-state index contributed by atoms with van der Waals surface area (Å²) in [6.45, 7) is 4.41. The molecule has 0 aromatic carbocycles. The van der Waals surface area contributed by atoms with E-state index in [0.717, 1.165) is 24.8 Å². The van der Waals surface area contributed by atoms with Crippen molar-refractivity contribution in [2.24, 2.45) is 5.92 Å². The monoisotopic (exact) mass is 244 g/mol. The van der Waals surface area contributed by atoms with Gasteiger partial charge in [0.15, 0.2) is 0 Å². The molecule has 0 aliphatic heterocycles. The van der Waals surface area contributed by atoms with Crippen molar-refractivity contribution in [1.82, 2.24) is 9.88 Å². The average Bonchev–Trinajstić information content (AvgIpc) is 2.68. The van der Waals surface area contributed by atoms with Gasteiger partial charge in [0, 0.05) is 11.9 Å². The molecule has 1 atom stereocenters. The summed E-state index contributed by atoms with van der Waals surface area (Å²) in [5, 5.41) is 2.12. The molecule has 0 saturated carbocycles. The van der Waals surface area contributed by atoms with E-state index in [1.165, 1.54) is 18.5 Å². The molecule has 0 saturated heterocycles. The Morgan fingerprint density at radius 1 is 1.53 bits per heavy atom. The highest BCUT2D eigenvalue weighted by molar-refractivity contribution is 7.80. The number of hydrogen-bond donors (Lipinski definition) is 1. The van der Waals surface area contributed by atoms with Crippen LogP contribution >= 0.6 is 24.0 Å². The summed E-state index contributed by atoms with van der Waals surface area (Å²) in [7, 11) is 2.16. The standard InChI is InChI=1S/C11H20N2S2/c1-10(4-6-14)3-5-13(2)7-11-8-15-9-12-11/h8-10,14H,3-7H2,1-2H3. The molecule has 0 N–H and O–H groups in total. The predicted octanol–water partition coefficient (Wildman–Crippen LogP) is 2.92. The van der Waals surface area contributed by atoms with E-state index in [4.69, 9.17) is 0 Å². The van der Waals surface area contributed by atoms with Crippen molar-refractivity contribution < 1.29 is 0 Å². The second-order valence-electron chi connectivity index (χ2n) is 4.12. The Bertz CT molecular complexity index is 249. The van der Waals surface area contributed by atoms with Gasteiger partial charge in [-0.15, -0.1) is 11.3 Å². The minimum atomic E-state index is 0.778. The maximum Gasteiger partial charge on any atom is 0.0795 e. The van der Waals surface area contributed by atoms with E-state index in [-0.39, 0.29) is 0 Å². The Labute approximate surface area is 102 Å². The Kier molecular flexibility index (Phi) is 6.29. The second-order valence-corrected chi connectivity index (χ2v) is 5.29. The summed E-state index contributed by atoms with van der Waals surface area (Å²) >= 11 is 5.92. The van der Waals surface area contributed by atoms with Crippen LogP contribution in [0.2, 0.25) is 0 Å². The smallest absolute Gasteiger partial charge is 0.0795 e. The van der Waals surface area contributed by atoms with Gasteiger partial charge in [0.25, 0.3) is 0 Å². The van der Waals surface area contributed by atoms with Crippen LogP contribution in [0.5, 0.6) is 0 Å². The normalized spacial score (nSPS) is 13.3. The van der Waals surface area contributed by atoms with E-state index in [2.05, 4.69) is 41.9 Å². The zero-order chi connectivity index (χ0) is 11.1. The maximum atomic E-state index is 4.28. The van der Waals surface area contributed by atoms with Crippen molar-refractivity contribution in [3.05, 3.63) is 16.6 Å². The van der Waals surface area contributed by atoms with Crippen molar-refractivity contribution in [3.63, 3.8) is 0 Å². The lowest BCUT2D eigenvalue weighted by atomic mass is 10.1. The van der Waals surface area contributed by atoms with Crippen LogP contribution in [0.4, 0.5) is 0 Å². The summed E-state index contributed by atoms with van der Waals surface area (Å²) in [4.78, 5) is 6.62. The number of thiol groups is 1. The number of hydrogen-bond acceptors (Lipinski definition) is 4. The molecule has 0 bridgehead atoms. The molecule has 0 spiro atoms. The third kappa shape index (κ3) is 5.54. The van der Waals surface area contributed by atoms with E-state index >= 15 is 0 Å². The first-order valence-electron chi connectivity index (χ1n) is 5.39. The fourth-order valence-electron chi connectivity index (χ4n) is 1.48. The summed E-state index contributed by atoms with van der Waals surface area (Å²) in [5.41, 5.74) is 3.08. The lowest BCUT2D eigenvalue weighted by Gasteiger charge is -2.17. The summed E-state index contributed by atoms with van der Waals surface area (Å²) < 4.78 is 0. The molecule has 0 aliphatic rings. The second kappa shape index (κ2) is 7.25. The molecule has 0 amide bonds. The summed E-state index contributed by atoms with van der Waals surface area (Å²) in [5.74, 6) is 1.78. The maximum absolute atomic E-state index is 4.28. The van der Waals surface area contributed by atoms with Gasteiger partial charge < -0.3 is 4.90 Å². The lowest BCUT2D eigenvalue weighted by Crippen LogP contribution is -2.21. The van der Waals surface area contributed by atoms with Crippen LogP contribution in [0, 0.1) is 5.92 Å². The Morgan fingerprint density at radius 3 is 2.93 bits per heavy atom. The predicted molar refractivity (Wildman–Crippen MR) is 70.7 cm³/mol. The van der Waals surface area contributed by atoms with E-state index in [1.807, 2.05) is 5.51 Å². The van der Waals surface area contributed by atoms with E-state index < -0.39 is 0 Å². The Morgan fingerprint density at radius 2 is 2.33 bits per heavy atom. The molecule has 4 heteroatoms. The highest BCUT2D eigenvalue weighted by Gasteiger charge is 2.05. The van der Waals surface area contributed by atoms with Gasteiger partial charge in [-0.1, -0.05) is 6.92 Å². The van der Waals surface area contributed by atoms with Crippen LogP contribution < -0.4 is 0 Å². The highest BCUT2D eigenvalue weighted by atomic mass is 32.1. The molecule has 2 nitrogen and oxygen atoms in total. The number of nitrogens with zero attached hydrogens (tertiary/aromatic N) is 2. The van der Waals surface area contributed by atoms with Crippen molar-refractivity contribution in [2.45, 2.75) is 26.3 Å². The van der Waals surface area contributed by atoms with Crippen molar-refractivity contribution >= 4 is 24.0 Å². The largest absolute Gasteiger partial charge is 0.301 e. The van der Waals surface area contributed by atoms with Crippen molar-refractivity contribution in [2.75, 3.05) is 19.3 Å². The number of aromatic nitrogens is 1. The molecule has 1 aromatic rings. The third-order valence-corrected chi connectivity index (χ3v) is 3.43. The van der Waals surface area contributed by atoms with Gasteiger partial charge in [-0.3, -0.25) is 0 Å². The molecular weight excluding hydrogens is 224 g/mol. The minimum absolute atomic E-state index is 0.778. The molecule has 0 radical (unpaired) electrons. The molecular formula is C11H20N2S2. The van der Waals surface area contributed by atoms with Crippen LogP contribution in [-0.2, 0) is 6.54 Å². The number of rotatable bonds is 7. The molecule has 1 heterocycles. The Hall–Kier alpha value is -0.0600. The molecule has 0 aliphatic carbocycles. The average molecular weight is 244 g/mol. The number of thiazole rings is 1. The van der Waals surface area contributed by atoms with Crippen LogP contribution in [0.25, 0.3) is 0 Å². The van der Waals surface area contributed by atoms with E-state index in [0.29, 0.717) is 0 Å². The third-order valence-electron chi connectivity index (χ3n) is 2.54. The van der Waals surface area contributed by atoms with E-state index in [1.54, 1.807) is 11.3 Å².